The van der Waals surface area contributed by atoms with Crippen molar-refractivity contribution >= 4 is 0 Å². The molecule has 0 unspecified atom stereocenters. The molecule has 9 heavy (non-hydrogen) atoms. The average molecular weight is 125 g/mol. The van der Waals surface area contributed by atoms with Gasteiger partial charge in [0.05, 0.1) is 0 Å². The van der Waals surface area contributed by atoms with E-state index in [4.69, 9.17) is 0 Å². The van der Waals surface area contributed by atoms with E-state index < -0.39 is 0 Å². The molecule has 0 radical (unpaired) electrons. The maximum Gasteiger partial charge on any atom is 0.0187 e. The van der Waals surface area contributed by atoms with Gasteiger partial charge in [-0.05, 0) is 32.9 Å². The van der Waals surface area contributed by atoms with Crippen LogP contribution in [0.25, 0.3) is 0 Å². The Hall–Kier alpha value is -0.300. The molecule has 1 aliphatic heterocycles. The first kappa shape index (κ1) is 6.81. The van der Waals surface area contributed by atoms with Crippen molar-refractivity contribution < 1.29 is 0 Å². The fourth-order valence-electron chi connectivity index (χ4n) is 1.30. The van der Waals surface area contributed by atoms with E-state index >= 15 is 0 Å². The van der Waals surface area contributed by atoms with Crippen molar-refractivity contribution in [2.24, 2.45) is 0 Å². The Morgan fingerprint density at radius 1 is 1.44 bits per heavy atom. The van der Waals surface area contributed by atoms with Crippen LogP contribution in [0.15, 0.2) is 12.2 Å². The first-order valence-electron chi connectivity index (χ1n) is 3.64. The molecule has 1 heteroatoms. The minimum Gasteiger partial charge on any atom is -0.302 e. The van der Waals surface area contributed by atoms with Gasteiger partial charge >= 0.3 is 0 Å². The van der Waals surface area contributed by atoms with E-state index in [2.05, 4.69) is 18.5 Å². The monoisotopic (exact) mass is 125 g/mol. The van der Waals surface area contributed by atoms with Gasteiger partial charge in [-0.25, -0.2) is 0 Å². The van der Waals surface area contributed by atoms with Crippen molar-refractivity contribution in [3.8, 4) is 0 Å². The van der Waals surface area contributed by atoms with Crippen LogP contribution in [0.1, 0.15) is 19.3 Å². The van der Waals surface area contributed by atoms with Crippen molar-refractivity contribution in [2.75, 3.05) is 20.1 Å². The van der Waals surface area contributed by atoms with E-state index in [0.717, 1.165) is 6.54 Å². The van der Waals surface area contributed by atoms with E-state index in [-0.39, 0.29) is 0 Å². The van der Waals surface area contributed by atoms with Crippen molar-refractivity contribution in [1.29, 1.82) is 0 Å². The van der Waals surface area contributed by atoms with Crippen LogP contribution in [0.3, 0.4) is 0 Å². The van der Waals surface area contributed by atoms with Gasteiger partial charge in [-0.3, -0.25) is 0 Å². The van der Waals surface area contributed by atoms with Crippen LogP contribution in [0.4, 0.5) is 0 Å². The van der Waals surface area contributed by atoms with Gasteiger partial charge in [0.25, 0.3) is 0 Å². The molecule has 0 aromatic heterocycles. The standard InChI is InChI=1S/C8H15N/c1-8-5-3-4-6-9(2)7-8/h1,3-7H2,2H3. The minimum atomic E-state index is 1.11. The van der Waals surface area contributed by atoms with Crippen LogP contribution >= 0.6 is 0 Å². The van der Waals surface area contributed by atoms with E-state index in [1.54, 1.807) is 0 Å². The summed E-state index contributed by atoms with van der Waals surface area (Å²) >= 11 is 0. The lowest BCUT2D eigenvalue weighted by Crippen LogP contribution is -2.19. The van der Waals surface area contributed by atoms with Crippen LogP contribution in [0, 0.1) is 0 Å². The molecule has 0 aliphatic carbocycles. The summed E-state index contributed by atoms with van der Waals surface area (Å²) in [5.41, 5.74) is 1.40. The number of hydrogen-bond acceptors (Lipinski definition) is 1. The summed E-state index contributed by atoms with van der Waals surface area (Å²) in [4.78, 5) is 2.34. The fraction of sp³-hybridized carbons (Fsp3) is 0.750. The van der Waals surface area contributed by atoms with E-state index in [1.165, 1.54) is 31.4 Å². The lowest BCUT2D eigenvalue weighted by molar-refractivity contribution is 0.371. The van der Waals surface area contributed by atoms with Gasteiger partial charge in [0.1, 0.15) is 0 Å². The number of likely N-dealkylation sites (tertiary alicyclic amines) is 1. The smallest absolute Gasteiger partial charge is 0.0187 e. The molecule has 52 valence electrons. The molecule has 1 fully saturated rings. The van der Waals surface area contributed by atoms with Crippen LogP contribution in [-0.4, -0.2) is 25.0 Å². The quantitative estimate of drug-likeness (QED) is 0.445. The Kier molecular flexibility index (Phi) is 2.29. The van der Waals surface area contributed by atoms with E-state index in [9.17, 15) is 0 Å². The summed E-state index contributed by atoms with van der Waals surface area (Å²) in [6.07, 6.45) is 3.92. The van der Waals surface area contributed by atoms with E-state index in [0.29, 0.717) is 0 Å². The number of nitrogens with zero attached hydrogens (tertiary/aromatic N) is 1. The maximum atomic E-state index is 3.98. The van der Waals surface area contributed by atoms with Gasteiger partial charge in [0, 0.05) is 6.54 Å². The van der Waals surface area contributed by atoms with Crippen LogP contribution in [0.5, 0.6) is 0 Å². The molecule has 0 N–H and O–H groups in total. The highest BCUT2D eigenvalue weighted by atomic mass is 15.1. The minimum absolute atomic E-state index is 1.11. The van der Waals surface area contributed by atoms with E-state index in [1.807, 2.05) is 0 Å². The van der Waals surface area contributed by atoms with Crippen LogP contribution < -0.4 is 0 Å². The third-order valence-electron chi connectivity index (χ3n) is 1.81. The molecule has 0 atom stereocenters. The molecule has 1 rings (SSSR count). The summed E-state index contributed by atoms with van der Waals surface area (Å²) in [5.74, 6) is 0. The van der Waals surface area contributed by atoms with Gasteiger partial charge in [0.15, 0.2) is 0 Å². The number of hydrogen-bond donors (Lipinski definition) is 0. The second-order valence-corrected chi connectivity index (χ2v) is 2.94. The first-order chi connectivity index (χ1) is 4.29. The SMILES string of the molecule is C=C1CCCCN(C)C1. The van der Waals surface area contributed by atoms with Crippen molar-refractivity contribution in [3.63, 3.8) is 0 Å². The highest BCUT2D eigenvalue weighted by Crippen LogP contribution is 2.11. The zero-order chi connectivity index (χ0) is 6.69. The first-order valence-corrected chi connectivity index (χ1v) is 3.64. The third-order valence-corrected chi connectivity index (χ3v) is 1.81. The van der Waals surface area contributed by atoms with Crippen molar-refractivity contribution in [2.45, 2.75) is 19.3 Å². The maximum absolute atomic E-state index is 3.98. The predicted molar refractivity (Wildman–Crippen MR) is 40.5 cm³/mol. The highest BCUT2D eigenvalue weighted by molar-refractivity contribution is 4.98. The second-order valence-electron chi connectivity index (χ2n) is 2.94. The van der Waals surface area contributed by atoms with Gasteiger partial charge in [-0.1, -0.05) is 12.2 Å². The lowest BCUT2D eigenvalue weighted by atomic mass is 10.1. The van der Waals surface area contributed by atoms with Crippen LogP contribution in [0.2, 0.25) is 0 Å². The molecule has 0 amide bonds. The van der Waals surface area contributed by atoms with Crippen molar-refractivity contribution in [3.05, 3.63) is 12.2 Å². The molecule has 0 saturated carbocycles. The molecule has 0 spiro atoms. The average Bonchev–Trinajstić information content (AvgIpc) is 1.93. The zero-order valence-electron chi connectivity index (χ0n) is 6.19. The summed E-state index contributed by atoms with van der Waals surface area (Å²) in [5, 5.41) is 0. The van der Waals surface area contributed by atoms with Gasteiger partial charge < -0.3 is 4.90 Å². The molecule has 0 aromatic carbocycles. The molecule has 0 bridgehead atoms. The molecule has 1 nitrogen and oxygen atoms in total. The van der Waals surface area contributed by atoms with Gasteiger partial charge in [-0.2, -0.15) is 0 Å². The Labute approximate surface area is 57.4 Å². The summed E-state index contributed by atoms with van der Waals surface area (Å²) in [6.45, 7) is 6.34. The topological polar surface area (TPSA) is 3.24 Å². The summed E-state index contributed by atoms with van der Waals surface area (Å²) in [6, 6.07) is 0. The van der Waals surface area contributed by atoms with Crippen molar-refractivity contribution in [1.82, 2.24) is 4.90 Å². The summed E-state index contributed by atoms with van der Waals surface area (Å²) < 4.78 is 0. The normalized spacial score (nSPS) is 23.9. The molecule has 1 heterocycles. The Bertz CT molecular complexity index is 107. The van der Waals surface area contributed by atoms with Crippen LogP contribution in [-0.2, 0) is 0 Å². The molecular formula is C8H15N. The Balaban J connectivity index is 2.37. The van der Waals surface area contributed by atoms with Gasteiger partial charge in [-0.15, -0.1) is 0 Å². The molecule has 0 aromatic rings. The largest absolute Gasteiger partial charge is 0.302 e. The Morgan fingerprint density at radius 3 is 3.00 bits per heavy atom. The Morgan fingerprint density at radius 2 is 2.22 bits per heavy atom. The number of rotatable bonds is 0. The number of likely N-dealkylation sites (N-methyl/N-ethyl adjacent to an activating group) is 1. The highest BCUT2D eigenvalue weighted by Gasteiger charge is 2.05. The molecular weight excluding hydrogens is 110 g/mol. The van der Waals surface area contributed by atoms with Gasteiger partial charge in [0.2, 0.25) is 0 Å². The predicted octanol–water partition coefficient (Wildman–Crippen LogP) is 1.66. The second kappa shape index (κ2) is 3.02. The third kappa shape index (κ3) is 2.19. The lowest BCUT2D eigenvalue weighted by Gasteiger charge is -2.12. The fourth-order valence-corrected chi connectivity index (χ4v) is 1.30. The molecule has 1 aliphatic rings. The zero-order valence-corrected chi connectivity index (χ0v) is 6.19. The summed E-state index contributed by atoms with van der Waals surface area (Å²) in [7, 11) is 2.16. The molecule has 1 saturated heterocycles.